The van der Waals surface area contributed by atoms with Gasteiger partial charge in [-0.3, -0.25) is 0 Å². The molecular formula is C21H18BrCl2NO2. The molecule has 0 heterocycles. The molecule has 0 saturated heterocycles. The summed E-state index contributed by atoms with van der Waals surface area (Å²) in [6.07, 6.45) is 0. The van der Waals surface area contributed by atoms with Gasteiger partial charge in [0.2, 0.25) is 0 Å². The first-order valence-electron chi connectivity index (χ1n) is 8.28. The summed E-state index contributed by atoms with van der Waals surface area (Å²) < 4.78 is 12.5. The summed E-state index contributed by atoms with van der Waals surface area (Å²) in [5, 5.41) is 4.50. The van der Waals surface area contributed by atoms with Gasteiger partial charge in [0, 0.05) is 32.3 Å². The van der Waals surface area contributed by atoms with Gasteiger partial charge in [0.05, 0.1) is 7.11 Å². The average molecular weight is 467 g/mol. The van der Waals surface area contributed by atoms with E-state index in [2.05, 4.69) is 21.2 Å². The van der Waals surface area contributed by atoms with Crippen LogP contribution in [0.25, 0.3) is 0 Å². The molecule has 0 atom stereocenters. The van der Waals surface area contributed by atoms with Gasteiger partial charge in [-0.15, -0.1) is 0 Å². The molecule has 140 valence electrons. The molecule has 0 aromatic heterocycles. The number of halogens is 3. The van der Waals surface area contributed by atoms with Crippen LogP contribution < -0.4 is 14.8 Å². The highest BCUT2D eigenvalue weighted by atomic mass is 79.9. The smallest absolute Gasteiger partial charge is 0.166 e. The van der Waals surface area contributed by atoms with Gasteiger partial charge in [0.15, 0.2) is 11.5 Å². The first-order valence-corrected chi connectivity index (χ1v) is 9.83. The Labute approximate surface area is 177 Å². The van der Waals surface area contributed by atoms with Crippen LogP contribution >= 0.6 is 39.1 Å². The van der Waals surface area contributed by atoms with Crippen LogP contribution in [0.4, 0.5) is 5.69 Å². The van der Waals surface area contributed by atoms with E-state index in [1.165, 1.54) is 0 Å². The number of rotatable bonds is 7. The van der Waals surface area contributed by atoms with Crippen LogP contribution in [0.1, 0.15) is 11.1 Å². The van der Waals surface area contributed by atoms with Gasteiger partial charge in [-0.2, -0.15) is 0 Å². The van der Waals surface area contributed by atoms with Crippen molar-refractivity contribution in [2.75, 3.05) is 12.4 Å². The molecule has 1 N–H and O–H groups in total. The van der Waals surface area contributed by atoms with Gasteiger partial charge in [-0.05, 0) is 35.9 Å². The lowest BCUT2D eigenvalue weighted by Crippen LogP contribution is -2.05. The summed E-state index contributed by atoms with van der Waals surface area (Å²) in [5.41, 5.74) is 2.87. The Morgan fingerprint density at radius 3 is 2.33 bits per heavy atom. The lowest BCUT2D eigenvalue weighted by atomic mass is 10.1. The van der Waals surface area contributed by atoms with Crippen LogP contribution in [-0.4, -0.2) is 7.11 Å². The fourth-order valence-corrected chi connectivity index (χ4v) is 3.66. The molecular weight excluding hydrogens is 449 g/mol. The van der Waals surface area contributed by atoms with Crippen molar-refractivity contribution in [3.63, 3.8) is 0 Å². The molecule has 6 heteroatoms. The molecule has 0 fully saturated rings. The molecule has 0 amide bonds. The second-order valence-electron chi connectivity index (χ2n) is 5.88. The van der Waals surface area contributed by atoms with E-state index in [0.717, 1.165) is 21.3 Å². The van der Waals surface area contributed by atoms with Crippen LogP contribution in [0.15, 0.2) is 65.1 Å². The van der Waals surface area contributed by atoms with Crippen LogP contribution in [0.3, 0.4) is 0 Å². The molecule has 0 spiro atoms. The molecule has 3 aromatic carbocycles. The van der Waals surface area contributed by atoms with E-state index in [1.807, 2.05) is 54.6 Å². The number of benzene rings is 3. The maximum Gasteiger partial charge on any atom is 0.166 e. The SMILES string of the molecule is COc1cc(Br)cc(CNc2cc(Cl)cc(Cl)c2)c1OCc1ccccc1. The van der Waals surface area contributed by atoms with Gasteiger partial charge >= 0.3 is 0 Å². The first-order chi connectivity index (χ1) is 13.0. The summed E-state index contributed by atoms with van der Waals surface area (Å²) in [6, 6.07) is 19.3. The highest BCUT2D eigenvalue weighted by Crippen LogP contribution is 2.36. The number of ether oxygens (including phenoxy) is 2. The molecule has 3 rings (SSSR count). The Bertz CT molecular complexity index is 899. The van der Waals surface area contributed by atoms with E-state index in [9.17, 15) is 0 Å². The number of hydrogen-bond acceptors (Lipinski definition) is 3. The molecule has 27 heavy (non-hydrogen) atoms. The molecule has 0 aliphatic rings. The first kappa shape index (κ1) is 19.9. The van der Waals surface area contributed by atoms with Gasteiger partial charge < -0.3 is 14.8 Å². The zero-order chi connectivity index (χ0) is 19.2. The van der Waals surface area contributed by atoms with Crippen molar-refractivity contribution < 1.29 is 9.47 Å². The minimum atomic E-state index is 0.453. The summed E-state index contributed by atoms with van der Waals surface area (Å²) in [6.45, 7) is 0.978. The average Bonchev–Trinajstić information content (AvgIpc) is 2.65. The summed E-state index contributed by atoms with van der Waals surface area (Å²) in [5.74, 6) is 1.37. The molecule has 0 radical (unpaired) electrons. The van der Waals surface area contributed by atoms with Crippen LogP contribution in [0.5, 0.6) is 11.5 Å². The van der Waals surface area contributed by atoms with E-state index < -0.39 is 0 Å². The standard InChI is InChI=1S/C21H18BrCl2NO2/c1-26-20-8-16(22)7-15(12-25-19-10-17(23)9-18(24)11-19)21(20)27-13-14-5-3-2-4-6-14/h2-11,25H,12-13H2,1H3. The van der Waals surface area contributed by atoms with Crippen molar-refractivity contribution in [3.05, 3.63) is 86.3 Å². The monoisotopic (exact) mass is 465 g/mol. The van der Waals surface area contributed by atoms with E-state index in [-0.39, 0.29) is 0 Å². The maximum absolute atomic E-state index is 6.10. The normalized spacial score (nSPS) is 10.5. The van der Waals surface area contributed by atoms with Gasteiger partial charge in [-0.25, -0.2) is 0 Å². The van der Waals surface area contributed by atoms with E-state index >= 15 is 0 Å². The summed E-state index contributed by atoms with van der Waals surface area (Å²) in [7, 11) is 1.63. The molecule has 3 nitrogen and oxygen atoms in total. The lowest BCUT2D eigenvalue weighted by molar-refractivity contribution is 0.281. The Morgan fingerprint density at radius 2 is 1.67 bits per heavy atom. The van der Waals surface area contributed by atoms with E-state index in [0.29, 0.717) is 34.7 Å². The zero-order valence-corrected chi connectivity index (χ0v) is 17.7. The Balaban J connectivity index is 1.83. The van der Waals surface area contributed by atoms with Crippen molar-refractivity contribution in [2.45, 2.75) is 13.2 Å². The fraction of sp³-hybridized carbons (Fsp3) is 0.143. The van der Waals surface area contributed by atoms with Gasteiger partial charge in [0.25, 0.3) is 0 Å². The number of hydrogen-bond donors (Lipinski definition) is 1. The third-order valence-corrected chi connectivity index (χ3v) is 4.78. The third kappa shape index (κ3) is 5.55. The number of methoxy groups -OCH3 is 1. The van der Waals surface area contributed by atoms with Gasteiger partial charge in [-0.1, -0.05) is 69.5 Å². The van der Waals surface area contributed by atoms with Crippen LogP contribution in [-0.2, 0) is 13.2 Å². The molecule has 0 aliphatic carbocycles. The van der Waals surface area contributed by atoms with Crippen molar-refractivity contribution in [1.82, 2.24) is 0 Å². The minimum Gasteiger partial charge on any atom is -0.493 e. The third-order valence-electron chi connectivity index (χ3n) is 3.89. The maximum atomic E-state index is 6.10. The predicted molar refractivity (Wildman–Crippen MR) is 115 cm³/mol. The second kappa shape index (κ2) is 9.36. The predicted octanol–water partition coefficient (Wildman–Crippen LogP) is 6.96. The van der Waals surface area contributed by atoms with Gasteiger partial charge in [0.1, 0.15) is 6.61 Å². The van der Waals surface area contributed by atoms with Crippen LogP contribution in [0.2, 0.25) is 10.0 Å². The van der Waals surface area contributed by atoms with E-state index in [4.69, 9.17) is 32.7 Å². The lowest BCUT2D eigenvalue weighted by Gasteiger charge is -2.17. The zero-order valence-electron chi connectivity index (χ0n) is 14.6. The summed E-state index contributed by atoms with van der Waals surface area (Å²) >= 11 is 15.7. The fourth-order valence-electron chi connectivity index (χ4n) is 2.65. The molecule has 3 aromatic rings. The topological polar surface area (TPSA) is 30.5 Å². The largest absolute Gasteiger partial charge is 0.493 e. The van der Waals surface area contributed by atoms with Crippen LogP contribution in [0, 0.1) is 0 Å². The molecule has 0 unspecified atom stereocenters. The highest BCUT2D eigenvalue weighted by molar-refractivity contribution is 9.10. The molecule has 0 bridgehead atoms. The second-order valence-corrected chi connectivity index (χ2v) is 7.67. The Hall–Kier alpha value is -1.88. The number of anilines is 1. The number of nitrogens with one attached hydrogen (secondary N) is 1. The Morgan fingerprint density at radius 1 is 0.963 bits per heavy atom. The Kier molecular flexibility index (Phi) is 6.89. The highest BCUT2D eigenvalue weighted by Gasteiger charge is 2.13. The molecule has 0 saturated carbocycles. The van der Waals surface area contributed by atoms with Crippen molar-refractivity contribution in [2.24, 2.45) is 0 Å². The molecule has 0 aliphatic heterocycles. The summed E-state index contributed by atoms with van der Waals surface area (Å²) in [4.78, 5) is 0. The minimum absolute atomic E-state index is 0.453. The van der Waals surface area contributed by atoms with Crippen molar-refractivity contribution in [3.8, 4) is 11.5 Å². The van der Waals surface area contributed by atoms with Crippen molar-refractivity contribution >= 4 is 44.8 Å². The van der Waals surface area contributed by atoms with Crippen molar-refractivity contribution in [1.29, 1.82) is 0 Å². The quantitative estimate of drug-likeness (QED) is 0.408. The van der Waals surface area contributed by atoms with E-state index in [1.54, 1.807) is 13.2 Å².